The van der Waals surface area contributed by atoms with Gasteiger partial charge in [-0.15, -0.1) is 0 Å². The SMILES string of the molecule is B#N.O.O.O.O.O.O.O=BOB=O.O=BOB=O. The van der Waals surface area contributed by atoms with Crippen molar-refractivity contribution in [1.82, 2.24) is 0 Å². The number of nitrogens with zero attached hydrogens (tertiary/aromatic N) is 1. The summed E-state index contributed by atoms with van der Waals surface area (Å²) < 4.78 is 42.8. The third-order valence-electron chi connectivity index (χ3n) is 0.222. The molecule has 0 amide bonds. The van der Waals surface area contributed by atoms with Crippen molar-refractivity contribution in [2.45, 2.75) is 0 Å². The Morgan fingerprint density at radius 3 is 0.667 bits per heavy atom. The van der Waals surface area contributed by atoms with Crippen LogP contribution in [0.2, 0.25) is 0 Å². The Hall–Kier alpha value is -1.41. The van der Waals surface area contributed by atoms with Crippen molar-refractivity contribution in [3.05, 3.63) is 0 Å². The molecule has 0 unspecified atom stereocenters. The zero-order valence-electron chi connectivity index (χ0n) is 8.78. The summed E-state index contributed by atoms with van der Waals surface area (Å²) in [5, 5.41) is 6.50. The molecule has 0 rings (SSSR count). The summed E-state index contributed by atoms with van der Waals surface area (Å²) >= 11 is 0. The normalized spacial score (nSPS) is 2.50. The first-order chi connectivity index (χ1) is 5.83. The van der Waals surface area contributed by atoms with Gasteiger partial charge in [-0.3, -0.25) is 0 Å². The average Bonchev–Trinajstić information content (AvgIpc) is 2.12. The maximum absolute atomic E-state index is 8.95. The second kappa shape index (κ2) is 157. The van der Waals surface area contributed by atoms with E-state index >= 15 is 0 Å². The van der Waals surface area contributed by atoms with Crippen LogP contribution in [0, 0.1) is 5.16 Å². The van der Waals surface area contributed by atoms with Crippen LogP contribution in [0.3, 0.4) is 0 Å². The van der Waals surface area contributed by atoms with Gasteiger partial charge in [0.15, 0.2) is 0 Å². The zero-order chi connectivity index (χ0) is 10.2. The first kappa shape index (κ1) is 70.0. The van der Waals surface area contributed by atoms with Gasteiger partial charge in [0, 0.05) is 0 Å². The van der Waals surface area contributed by atoms with E-state index in [0.717, 1.165) is 0 Å². The first-order valence-corrected chi connectivity index (χ1v) is 2.14. The molecular formula is H12B5NO12. The van der Waals surface area contributed by atoms with E-state index in [0.29, 0.717) is 0 Å². The fourth-order valence-corrected chi connectivity index (χ4v) is 0.0454. The van der Waals surface area contributed by atoms with Crippen LogP contribution in [-0.4, -0.2) is 69.8 Å². The van der Waals surface area contributed by atoms with E-state index in [1.54, 1.807) is 0 Å². The first-order valence-electron chi connectivity index (χ1n) is 2.14. The van der Waals surface area contributed by atoms with Crippen molar-refractivity contribution in [2.75, 3.05) is 0 Å². The maximum atomic E-state index is 8.95. The molecule has 0 heterocycles. The van der Waals surface area contributed by atoms with Crippen LogP contribution in [0.25, 0.3) is 0 Å². The molecule has 0 aliphatic rings. The van der Waals surface area contributed by atoms with E-state index in [1.807, 2.05) is 0 Å². The standard InChI is InChI=1S/2B2O3.BN.6H2O/c2*3-1-5-2-4;1-2;;;;;;/h;;;6*1H2. The molecule has 13 nitrogen and oxygen atoms in total. The van der Waals surface area contributed by atoms with Crippen LogP contribution in [0.5, 0.6) is 0 Å². The minimum atomic E-state index is 0. The molecule has 0 aliphatic heterocycles. The summed E-state index contributed by atoms with van der Waals surface area (Å²) in [6, 6.07) is 0. The van der Waals surface area contributed by atoms with Crippen LogP contribution in [-0.2, 0) is 28.0 Å². The molecule has 18 heavy (non-hydrogen) atoms. The molecule has 0 spiro atoms. The molecule has 104 valence electrons. The molecule has 0 radical (unpaired) electrons. The van der Waals surface area contributed by atoms with Crippen molar-refractivity contribution in [3.63, 3.8) is 0 Å². The Bertz CT molecular complexity index is 121. The van der Waals surface area contributed by atoms with Gasteiger partial charge in [0.1, 0.15) is 0 Å². The molecule has 0 saturated heterocycles. The second-order valence-corrected chi connectivity index (χ2v) is 0.657. The van der Waals surface area contributed by atoms with Crippen molar-refractivity contribution in [2.24, 2.45) is 0 Å². The number of rotatable bonds is 4. The molecule has 0 aromatic heterocycles. The summed E-state index contributed by atoms with van der Waals surface area (Å²) in [7, 11) is 3.75. The van der Waals surface area contributed by atoms with E-state index in [2.05, 4.69) is 16.6 Å². The summed E-state index contributed by atoms with van der Waals surface area (Å²) in [6.45, 7) is 0. The Morgan fingerprint density at radius 2 is 0.667 bits per heavy atom. The van der Waals surface area contributed by atoms with Crippen molar-refractivity contribution >= 4 is 36.9 Å². The van der Waals surface area contributed by atoms with Crippen LogP contribution in [0.1, 0.15) is 0 Å². The Labute approximate surface area is 104 Å². The van der Waals surface area contributed by atoms with Gasteiger partial charge >= 0.3 is 70.0 Å². The third kappa shape index (κ3) is 401. The van der Waals surface area contributed by atoms with Gasteiger partial charge in [-0.1, -0.05) is 0 Å². The summed E-state index contributed by atoms with van der Waals surface area (Å²) in [4.78, 5) is 0. The fraction of sp³-hybridized carbons (Fsp3) is 0. The monoisotopic (exact) mass is 273 g/mol. The van der Waals surface area contributed by atoms with Crippen LogP contribution in [0.4, 0.5) is 0 Å². The predicted octanol–water partition coefficient (Wildman–Crippen LogP) is -7.45. The molecule has 18 heteroatoms. The topological polar surface area (TPSA) is 300 Å². The van der Waals surface area contributed by atoms with Gasteiger partial charge in [0.2, 0.25) is 0 Å². The van der Waals surface area contributed by atoms with E-state index in [9.17, 15) is 0 Å². The number of hydrogen-bond donors (Lipinski definition) is 0. The van der Waals surface area contributed by atoms with E-state index in [1.165, 1.54) is 0 Å². The van der Waals surface area contributed by atoms with Gasteiger partial charge in [0.25, 0.3) is 0 Å². The Balaban J connectivity index is -0.00000000872. The molecule has 0 aromatic rings. The van der Waals surface area contributed by atoms with E-state index in [4.69, 9.17) is 24.0 Å². The van der Waals surface area contributed by atoms with Crippen molar-refractivity contribution in [1.29, 1.82) is 5.16 Å². The van der Waals surface area contributed by atoms with Gasteiger partial charge in [-0.05, 0) is 0 Å². The van der Waals surface area contributed by atoms with Crippen LogP contribution < -0.4 is 0 Å². The van der Waals surface area contributed by atoms with Crippen molar-refractivity contribution in [3.8, 4) is 0 Å². The third-order valence-corrected chi connectivity index (χ3v) is 0.222. The van der Waals surface area contributed by atoms with E-state index in [-0.39, 0.29) is 62.3 Å². The average molecular weight is 272 g/mol. The quantitative estimate of drug-likeness (QED) is 0.444. The van der Waals surface area contributed by atoms with Gasteiger partial charge in [-0.25, -0.2) is 0 Å². The Kier molecular flexibility index (Phi) is 612. The van der Waals surface area contributed by atoms with Gasteiger partial charge < -0.3 is 32.9 Å². The molecule has 0 aliphatic carbocycles. The molecule has 12 N–H and O–H groups in total. The second-order valence-electron chi connectivity index (χ2n) is 0.657. The van der Waals surface area contributed by atoms with Gasteiger partial charge in [0.05, 0.1) is 0 Å². The summed E-state index contributed by atoms with van der Waals surface area (Å²) in [5.41, 5.74) is 0. The van der Waals surface area contributed by atoms with Crippen molar-refractivity contribution < 1.29 is 60.8 Å². The fourth-order valence-electron chi connectivity index (χ4n) is 0.0454. The molecule has 0 fully saturated rings. The van der Waals surface area contributed by atoms with E-state index < -0.39 is 0 Å². The molecule has 0 atom stereocenters. The van der Waals surface area contributed by atoms with Crippen LogP contribution >= 0.6 is 0 Å². The summed E-state index contributed by atoms with van der Waals surface area (Å²) in [6.07, 6.45) is 0. The number of hydrogen-bond acceptors (Lipinski definition) is 7. The Morgan fingerprint density at radius 1 is 0.556 bits per heavy atom. The van der Waals surface area contributed by atoms with Crippen LogP contribution in [0.15, 0.2) is 0 Å². The molecule has 0 bridgehead atoms. The summed E-state index contributed by atoms with van der Waals surface area (Å²) in [5.74, 6) is 0. The molecular weight excluding hydrogens is 260 g/mol. The predicted molar refractivity (Wildman–Crippen MR) is 57.1 cm³/mol. The molecule has 0 aromatic carbocycles. The molecule has 0 saturated carbocycles. The minimum absolute atomic E-state index is 0. The van der Waals surface area contributed by atoms with Gasteiger partial charge in [-0.2, -0.15) is 0 Å². The zero-order valence-corrected chi connectivity index (χ0v) is 8.78.